The molecule has 14 heavy (non-hydrogen) atoms. The first kappa shape index (κ1) is 10.8. The Labute approximate surface area is 90.2 Å². The third-order valence-corrected chi connectivity index (χ3v) is 2.17. The zero-order chi connectivity index (χ0) is 10.6. The van der Waals surface area contributed by atoms with Crippen LogP contribution in [0, 0.1) is 0 Å². The predicted octanol–water partition coefficient (Wildman–Crippen LogP) is 1.38. The number of benzene rings is 1. The maximum absolute atomic E-state index is 11.2. The van der Waals surface area contributed by atoms with Crippen LogP contribution in [0.5, 0.6) is 0 Å². The standard InChI is InChI=1S/C8H6Cl2N2O2/c9-6-2-1-5(3-7(6)10)8(14)12-11-4-13/h1-4H,(H,11,13)(H,12,14). The van der Waals surface area contributed by atoms with Gasteiger partial charge in [-0.05, 0) is 18.2 Å². The second kappa shape index (κ2) is 4.83. The zero-order valence-electron chi connectivity index (χ0n) is 6.88. The van der Waals surface area contributed by atoms with Crippen molar-refractivity contribution < 1.29 is 9.59 Å². The maximum atomic E-state index is 11.2. The van der Waals surface area contributed by atoms with Gasteiger partial charge in [0.1, 0.15) is 0 Å². The molecule has 4 nitrogen and oxygen atoms in total. The number of nitrogens with one attached hydrogen (secondary N) is 2. The molecule has 0 aliphatic rings. The molecule has 0 spiro atoms. The number of halogens is 2. The number of hydrogen-bond donors (Lipinski definition) is 2. The molecule has 2 amide bonds. The van der Waals surface area contributed by atoms with Gasteiger partial charge in [0.15, 0.2) is 0 Å². The molecule has 0 aliphatic carbocycles. The summed E-state index contributed by atoms with van der Waals surface area (Å²) < 4.78 is 0. The molecular weight excluding hydrogens is 227 g/mol. The SMILES string of the molecule is O=CNNC(=O)c1ccc(Cl)c(Cl)c1. The average molecular weight is 233 g/mol. The van der Waals surface area contributed by atoms with E-state index in [0.717, 1.165) is 0 Å². The van der Waals surface area contributed by atoms with Crippen molar-refractivity contribution in [2.75, 3.05) is 0 Å². The molecular formula is C8H6Cl2N2O2. The normalized spacial score (nSPS) is 9.29. The molecule has 0 aromatic heterocycles. The minimum Gasteiger partial charge on any atom is -0.277 e. The highest BCUT2D eigenvalue weighted by atomic mass is 35.5. The highest BCUT2D eigenvalue weighted by Gasteiger charge is 2.06. The van der Waals surface area contributed by atoms with Gasteiger partial charge >= 0.3 is 0 Å². The van der Waals surface area contributed by atoms with Gasteiger partial charge in [-0.2, -0.15) is 0 Å². The van der Waals surface area contributed by atoms with Crippen LogP contribution < -0.4 is 10.9 Å². The molecule has 1 aromatic rings. The van der Waals surface area contributed by atoms with Crippen LogP contribution >= 0.6 is 23.2 Å². The summed E-state index contributed by atoms with van der Waals surface area (Å²) in [7, 11) is 0. The van der Waals surface area contributed by atoms with Crippen LogP contribution in [0.3, 0.4) is 0 Å². The van der Waals surface area contributed by atoms with E-state index in [0.29, 0.717) is 17.0 Å². The fraction of sp³-hybridized carbons (Fsp3) is 0. The van der Waals surface area contributed by atoms with Crippen molar-refractivity contribution in [2.45, 2.75) is 0 Å². The van der Waals surface area contributed by atoms with Gasteiger partial charge in [-0.3, -0.25) is 20.4 Å². The Bertz CT molecular complexity index is 368. The molecule has 0 radical (unpaired) electrons. The summed E-state index contributed by atoms with van der Waals surface area (Å²) in [6.07, 6.45) is 0.357. The van der Waals surface area contributed by atoms with E-state index in [1.165, 1.54) is 18.2 Å². The number of hydrogen-bond acceptors (Lipinski definition) is 2. The van der Waals surface area contributed by atoms with Crippen molar-refractivity contribution >= 4 is 35.5 Å². The molecule has 0 saturated heterocycles. The van der Waals surface area contributed by atoms with Gasteiger partial charge in [-0.25, -0.2) is 0 Å². The second-order valence-electron chi connectivity index (χ2n) is 2.35. The van der Waals surface area contributed by atoms with E-state index in [1.54, 1.807) is 0 Å². The van der Waals surface area contributed by atoms with Gasteiger partial charge < -0.3 is 0 Å². The lowest BCUT2D eigenvalue weighted by Crippen LogP contribution is -2.36. The Morgan fingerprint density at radius 3 is 2.57 bits per heavy atom. The molecule has 0 aliphatic heterocycles. The fourth-order valence-electron chi connectivity index (χ4n) is 0.805. The van der Waals surface area contributed by atoms with Crippen molar-refractivity contribution in [1.29, 1.82) is 0 Å². The van der Waals surface area contributed by atoms with E-state index in [9.17, 15) is 9.59 Å². The van der Waals surface area contributed by atoms with Gasteiger partial charge in [-0.1, -0.05) is 23.2 Å². The van der Waals surface area contributed by atoms with Gasteiger partial charge in [-0.15, -0.1) is 0 Å². The highest BCUT2D eigenvalue weighted by Crippen LogP contribution is 2.22. The number of hydrazine groups is 1. The molecule has 1 rings (SSSR count). The summed E-state index contributed by atoms with van der Waals surface area (Å²) >= 11 is 11.3. The molecule has 0 fully saturated rings. The van der Waals surface area contributed by atoms with Crippen LogP contribution in [0.15, 0.2) is 18.2 Å². The van der Waals surface area contributed by atoms with Crippen LogP contribution in [0.1, 0.15) is 10.4 Å². The topological polar surface area (TPSA) is 58.2 Å². The van der Waals surface area contributed by atoms with Crippen LogP contribution in [-0.2, 0) is 4.79 Å². The molecule has 74 valence electrons. The van der Waals surface area contributed by atoms with E-state index < -0.39 is 5.91 Å². The lowest BCUT2D eigenvalue weighted by atomic mass is 10.2. The zero-order valence-corrected chi connectivity index (χ0v) is 8.39. The molecule has 0 bridgehead atoms. The number of amides is 2. The average Bonchev–Trinajstić information content (AvgIpc) is 2.18. The Kier molecular flexibility index (Phi) is 3.73. The van der Waals surface area contributed by atoms with Gasteiger partial charge in [0.2, 0.25) is 6.41 Å². The smallest absolute Gasteiger partial charge is 0.269 e. The van der Waals surface area contributed by atoms with E-state index in [1.807, 2.05) is 5.43 Å². The summed E-state index contributed by atoms with van der Waals surface area (Å²) in [5.74, 6) is -0.462. The van der Waals surface area contributed by atoms with E-state index in [4.69, 9.17) is 23.2 Å². The second-order valence-corrected chi connectivity index (χ2v) is 3.16. The predicted molar refractivity (Wildman–Crippen MR) is 53.1 cm³/mol. The molecule has 0 atom stereocenters. The van der Waals surface area contributed by atoms with Crippen molar-refractivity contribution in [3.63, 3.8) is 0 Å². The summed E-state index contributed by atoms with van der Waals surface area (Å²) in [5, 5.41) is 0.650. The van der Waals surface area contributed by atoms with Crippen LogP contribution in [-0.4, -0.2) is 12.3 Å². The third kappa shape index (κ3) is 2.61. The summed E-state index contributed by atoms with van der Waals surface area (Å²) in [5.41, 5.74) is 4.47. The summed E-state index contributed by atoms with van der Waals surface area (Å²) in [6.45, 7) is 0. The van der Waals surface area contributed by atoms with Crippen molar-refractivity contribution in [3.8, 4) is 0 Å². The van der Waals surface area contributed by atoms with Gasteiger partial charge in [0.05, 0.1) is 10.0 Å². The maximum Gasteiger partial charge on any atom is 0.269 e. The number of carbonyl (C=O) groups is 2. The molecule has 0 unspecified atom stereocenters. The summed E-state index contributed by atoms with van der Waals surface area (Å²) in [6, 6.07) is 4.40. The Balaban J connectivity index is 2.80. The first-order chi connectivity index (χ1) is 6.65. The molecule has 1 aromatic carbocycles. The van der Waals surface area contributed by atoms with Crippen molar-refractivity contribution in [3.05, 3.63) is 33.8 Å². The van der Waals surface area contributed by atoms with Gasteiger partial charge in [0, 0.05) is 5.56 Å². The first-order valence-corrected chi connectivity index (χ1v) is 4.35. The Hall–Kier alpha value is -1.26. The summed E-state index contributed by atoms with van der Waals surface area (Å²) in [4.78, 5) is 21.1. The third-order valence-electron chi connectivity index (χ3n) is 1.43. The van der Waals surface area contributed by atoms with E-state index in [2.05, 4.69) is 5.43 Å². The van der Waals surface area contributed by atoms with Gasteiger partial charge in [0.25, 0.3) is 5.91 Å². The lowest BCUT2D eigenvalue weighted by molar-refractivity contribution is -0.110. The van der Waals surface area contributed by atoms with E-state index >= 15 is 0 Å². The fourth-order valence-corrected chi connectivity index (χ4v) is 1.10. The van der Waals surface area contributed by atoms with Crippen molar-refractivity contribution in [1.82, 2.24) is 10.9 Å². The van der Waals surface area contributed by atoms with E-state index in [-0.39, 0.29) is 5.02 Å². The van der Waals surface area contributed by atoms with Crippen LogP contribution in [0.4, 0.5) is 0 Å². The Morgan fingerprint density at radius 2 is 2.00 bits per heavy atom. The largest absolute Gasteiger partial charge is 0.277 e. The molecule has 0 heterocycles. The number of rotatable bonds is 3. The number of carbonyl (C=O) groups excluding carboxylic acids is 2. The van der Waals surface area contributed by atoms with Crippen LogP contribution in [0.2, 0.25) is 10.0 Å². The first-order valence-electron chi connectivity index (χ1n) is 3.59. The molecule has 2 N–H and O–H groups in total. The monoisotopic (exact) mass is 232 g/mol. The van der Waals surface area contributed by atoms with Crippen molar-refractivity contribution in [2.24, 2.45) is 0 Å². The lowest BCUT2D eigenvalue weighted by Gasteiger charge is -2.03. The van der Waals surface area contributed by atoms with Crippen LogP contribution in [0.25, 0.3) is 0 Å². The highest BCUT2D eigenvalue weighted by molar-refractivity contribution is 6.42. The molecule has 6 heteroatoms. The quantitative estimate of drug-likeness (QED) is 0.612. The minimum atomic E-state index is -0.462. The molecule has 0 saturated carbocycles. The Morgan fingerprint density at radius 1 is 1.29 bits per heavy atom. The minimum absolute atomic E-state index is 0.283.